The summed E-state index contributed by atoms with van der Waals surface area (Å²) in [6.07, 6.45) is -4.92. The van der Waals surface area contributed by atoms with Gasteiger partial charge in [0.25, 0.3) is 0 Å². The van der Waals surface area contributed by atoms with Gasteiger partial charge in [0.1, 0.15) is 11.5 Å². The summed E-state index contributed by atoms with van der Waals surface area (Å²) >= 11 is 5.55. The topological polar surface area (TPSA) is 26.3 Å². The number of alkyl halides is 3. The van der Waals surface area contributed by atoms with Gasteiger partial charge in [-0.1, -0.05) is 17.7 Å². The van der Waals surface area contributed by atoms with E-state index in [0.717, 1.165) is 6.07 Å². The molecular formula is C10H8ClF3O2. The SMILES string of the molecule is CC(=O)Cc1ccc(Cl)cc1OC(F)(F)F. The van der Waals surface area contributed by atoms with Gasteiger partial charge in [-0.25, -0.2) is 0 Å². The van der Waals surface area contributed by atoms with Crippen LogP contribution in [0.25, 0.3) is 0 Å². The monoisotopic (exact) mass is 252 g/mol. The fourth-order valence-corrected chi connectivity index (χ4v) is 1.32. The van der Waals surface area contributed by atoms with E-state index in [4.69, 9.17) is 11.6 Å². The fraction of sp³-hybridized carbons (Fsp3) is 0.300. The molecule has 0 saturated heterocycles. The Morgan fingerprint density at radius 1 is 1.44 bits per heavy atom. The number of benzene rings is 1. The summed E-state index contributed by atoms with van der Waals surface area (Å²) in [5.41, 5.74) is 0.161. The molecule has 0 aromatic heterocycles. The van der Waals surface area contributed by atoms with Crippen molar-refractivity contribution >= 4 is 17.4 Å². The summed E-state index contributed by atoms with van der Waals surface area (Å²) in [7, 11) is 0. The van der Waals surface area contributed by atoms with Crippen LogP contribution in [0.4, 0.5) is 13.2 Å². The van der Waals surface area contributed by atoms with Crippen molar-refractivity contribution in [2.75, 3.05) is 0 Å². The van der Waals surface area contributed by atoms with Gasteiger partial charge in [-0.15, -0.1) is 13.2 Å². The van der Waals surface area contributed by atoms with Gasteiger partial charge in [-0.05, 0) is 19.1 Å². The molecule has 0 atom stereocenters. The smallest absolute Gasteiger partial charge is 0.405 e. The molecule has 0 fully saturated rings. The maximum Gasteiger partial charge on any atom is 0.573 e. The molecule has 0 aliphatic heterocycles. The third-order valence-electron chi connectivity index (χ3n) is 1.69. The van der Waals surface area contributed by atoms with Crippen LogP contribution in [0.3, 0.4) is 0 Å². The lowest BCUT2D eigenvalue weighted by atomic mass is 10.1. The van der Waals surface area contributed by atoms with Crippen molar-refractivity contribution < 1.29 is 22.7 Å². The molecule has 0 bridgehead atoms. The first-order chi connectivity index (χ1) is 7.28. The first-order valence-electron chi connectivity index (χ1n) is 4.31. The van der Waals surface area contributed by atoms with E-state index in [-0.39, 0.29) is 22.8 Å². The number of carbonyl (C=O) groups is 1. The molecule has 0 radical (unpaired) electrons. The Balaban J connectivity index is 3.03. The minimum absolute atomic E-state index is 0.117. The Morgan fingerprint density at radius 2 is 2.06 bits per heavy atom. The molecule has 1 rings (SSSR count). The van der Waals surface area contributed by atoms with Crippen molar-refractivity contribution in [3.05, 3.63) is 28.8 Å². The first-order valence-corrected chi connectivity index (χ1v) is 4.69. The lowest BCUT2D eigenvalue weighted by Crippen LogP contribution is -2.18. The van der Waals surface area contributed by atoms with Crippen molar-refractivity contribution in [3.63, 3.8) is 0 Å². The van der Waals surface area contributed by atoms with Crippen LogP contribution in [0.2, 0.25) is 5.02 Å². The number of rotatable bonds is 3. The molecule has 0 unspecified atom stereocenters. The Labute approximate surface area is 95.0 Å². The van der Waals surface area contributed by atoms with E-state index in [1.165, 1.54) is 19.1 Å². The van der Waals surface area contributed by atoms with Crippen molar-refractivity contribution in [1.29, 1.82) is 0 Å². The molecule has 6 heteroatoms. The second-order valence-electron chi connectivity index (χ2n) is 3.18. The van der Waals surface area contributed by atoms with Gasteiger partial charge in [0.15, 0.2) is 0 Å². The Morgan fingerprint density at radius 3 is 2.56 bits per heavy atom. The average molecular weight is 253 g/mol. The molecule has 16 heavy (non-hydrogen) atoms. The molecule has 2 nitrogen and oxygen atoms in total. The maximum absolute atomic E-state index is 12.0. The van der Waals surface area contributed by atoms with E-state index >= 15 is 0 Å². The van der Waals surface area contributed by atoms with Gasteiger partial charge < -0.3 is 4.74 Å². The van der Waals surface area contributed by atoms with Crippen molar-refractivity contribution in [3.8, 4) is 5.75 Å². The third kappa shape index (κ3) is 4.10. The zero-order chi connectivity index (χ0) is 12.3. The molecule has 0 aliphatic carbocycles. The lowest BCUT2D eigenvalue weighted by molar-refractivity contribution is -0.274. The maximum atomic E-state index is 12.0. The number of carbonyl (C=O) groups excluding carboxylic acids is 1. The van der Waals surface area contributed by atoms with E-state index in [1.807, 2.05) is 0 Å². The van der Waals surface area contributed by atoms with E-state index in [2.05, 4.69) is 4.74 Å². The molecule has 1 aromatic rings. The second kappa shape index (κ2) is 4.74. The van der Waals surface area contributed by atoms with E-state index in [0.29, 0.717) is 0 Å². The Bertz CT molecular complexity index is 402. The fourth-order valence-electron chi connectivity index (χ4n) is 1.16. The molecule has 1 aromatic carbocycles. The van der Waals surface area contributed by atoms with E-state index < -0.39 is 12.1 Å². The number of hydrogen-bond donors (Lipinski definition) is 0. The van der Waals surface area contributed by atoms with E-state index in [9.17, 15) is 18.0 Å². The molecule has 88 valence electrons. The standard InChI is InChI=1S/C10H8ClF3O2/c1-6(15)4-7-2-3-8(11)5-9(7)16-10(12,13)14/h2-3,5H,4H2,1H3. The van der Waals surface area contributed by atoms with Gasteiger partial charge in [-0.2, -0.15) is 0 Å². The first kappa shape index (κ1) is 12.8. The summed E-state index contributed by atoms with van der Waals surface area (Å²) < 4.78 is 39.9. The van der Waals surface area contributed by atoms with Crippen LogP contribution >= 0.6 is 11.6 Å². The van der Waals surface area contributed by atoms with Crippen LogP contribution < -0.4 is 4.74 Å². The van der Waals surface area contributed by atoms with Crippen molar-refractivity contribution in [1.82, 2.24) is 0 Å². The quantitative estimate of drug-likeness (QED) is 0.824. The Kier molecular flexibility index (Phi) is 3.80. The molecule has 0 spiro atoms. The highest BCUT2D eigenvalue weighted by molar-refractivity contribution is 6.30. The molecule has 0 heterocycles. The highest BCUT2D eigenvalue weighted by Gasteiger charge is 2.32. The second-order valence-corrected chi connectivity index (χ2v) is 3.62. The summed E-state index contributed by atoms with van der Waals surface area (Å²) in [6.45, 7) is 1.28. The predicted molar refractivity (Wildman–Crippen MR) is 52.5 cm³/mol. The number of ether oxygens (including phenoxy) is 1. The summed E-state index contributed by atoms with van der Waals surface area (Å²) in [5, 5.41) is 0.117. The zero-order valence-corrected chi connectivity index (χ0v) is 9.02. The molecular weight excluding hydrogens is 245 g/mol. The van der Waals surface area contributed by atoms with Gasteiger partial charge in [0.05, 0.1) is 0 Å². The molecule has 0 aliphatic rings. The number of Topliss-reactive ketones (excluding diaryl/α,β-unsaturated/α-hetero) is 1. The minimum atomic E-state index is -4.80. The van der Waals surface area contributed by atoms with Crippen molar-refractivity contribution in [2.45, 2.75) is 19.7 Å². The molecule has 0 amide bonds. The summed E-state index contributed by atoms with van der Waals surface area (Å²) in [5.74, 6) is -0.690. The van der Waals surface area contributed by atoms with Gasteiger partial charge in [-0.3, -0.25) is 4.79 Å². The van der Waals surface area contributed by atoms with Crippen molar-refractivity contribution in [2.24, 2.45) is 0 Å². The lowest BCUT2D eigenvalue weighted by Gasteiger charge is -2.12. The van der Waals surface area contributed by atoms with Crippen LogP contribution in [0.5, 0.6) is 5.75 Å². The summed E-state index contributed by atoms with van der Waals surface area (Å²) in [4.78, 5) is 10.8. The normalized spacial score (nSPS) is 11.3. The Hall–Kier alpha value is -1.23. The van der Waals surface area contributed by atoms with Crippen LogP contribution in [-0.4, -0.2) is 12.1 Å². The number of hydrogen-bond acceptors (Lipinski definition) is 2. The average Bonchev–Trinajstić information content (AvgIpc) is 2.06. The third-order valence-corrected chi connectivity index (χ3v) is 1.93. The molecule has 0 saturated carbocycles. The zero-order valence-electron chi connectivity index (χ0n) is 8.27. The summed E-state index contributed by atoms with van der Waals surface area (Å²) in [6, 6.07) is 3.78. The number of ketones is 1. The van der Waals surface area contributed by atoms with Gasteiger partial charge >= 0.3 is 6.36 Å². The predicted octanol–water partition coefficient (Wildman–Crippen LogP) is 3.37. The van der Waals surface area contributed by atoms with Crippen LogP contribution in [0, 0.1) is 0 Å². The molecule has 0 N–H and O–H groups in total. The minimum Gasteiger partial charge on any atom is -0.405 e. The van der Waals surface area contributed by atoms with Crippen LogP contribution in [-0.2, 0) is 11.2 Å². The van der Waals surface area contributed by atoms with E-state index in [1.54, 1.807) is 0 Å². The van der Waals surface area contributed by atoms with Gasteiger partial charge in [0.2, 0.25) is 0 Å². The van der Waals surface area contributed by atoms with Gasteiger partial charge in [0, 0.05) is 17.0 Å². The largest absolute Gasteiger partial charge is 0.573 e. The highest BCUT2D eigenvalue weighted by Crippen LogP contribution is 2.29. The van der Waals surface area contributed by atoms with Crippen LogP contribution in [0.15, 0.2) is 18.2 Å². The number of halogens is 4. The highest BCUT2D eigenvalue weighted by atomic mass is 35.5. The van der Waals surface area contributed by atoms with Crippen LogP contribution in [0.1, 0.15) is 12.5 Å².